The highest BCUT2D eigenvalue weighted by molar-refractivity contribution is 5.85. The Morgan fingerprint density at radius 3 is 2.25 bits per heavy atom. The highest BCUT2D eigenvalue weighted by atomic mass is 16.5. The summed E-state index contributed by atoms with van der Waals surface area (Å²) in [7, 11) is 0. The minimum atomic E-state index is -0.988. The van der Waals surface area contributed by atoms with Crippen LogP contribution in [-0.2, 0) is 14.3 Å². The molecule has 2 N–H and O–H groups in total. The molecule has 2 amide bonds. The van der Waals surface area contributed by atoms with Crippen LogP contribution in [0.5, 0.6) is 0 Å². The van der Waals surface area contributed by atoms with E-state index in [0.717, 1.165) is 22.3 Å². The van der Waals surface area contributed by atoms with Crippen molar-refractivity contribution in [1.29, 1.82) is 0 Å². The van der Waals surface area contributed by atoms with Crippen LogP contribution in [0.25, 0.3) is 11.1 Å². The van der Waals surface area contributed by atoms with E-state index in [1.807, 2.05) is 24.3 Å². The first-order chi connectivity index (χ1) is 15.3. The number of nitrogens with one attached hydrogen (secondary N) is 1. The molecule has 2 aliphatic rings. The van der Waals surface area contributed by atoms with Gasteiger partial charge in [0.25, 0.3) is 0 Å². The number of carboxylic acids is 1. The van der Waals surface area contributed by atoms with E-state index in [9.17, 15) is 19.5 Å². The van der Waals surface area contributed by atoms with Crippen molar-refractivity contribution in [3.8, 4) is 11.1 Å². The van der Waals surface area contributed by atoms with Gasteiger partial charge in [0.2, 0.25) is 5.91 Å². The molecule has 1 aliphatic carbocycles. The number of rotatable bonds is 6. The number of carboxylic acid groups (broad SMARTS) is 1. The van der Waals surface area contributed by atoms with Crippen molar-refractivity contribution >= 4 is 18.0 Å². The molecule has 32 heavy (non-hydrogen) atoms. The van der Waals surface area contributed by atoms with E-state index in [4.69, 9.17) is 4.74 Å². The molecule has 0 unspecified atom stereocenters. The predicted octanol–water partition coefficient (Wildman–Crippen LogP) is 3.77. The maximum Gasteiger partial charge on any atom is 0.407 e. The van der Waals surface area contributed by atoms with Gasteiger partial charge in [0.05, 0.1) is 0 Å². The Labute approximate surface area is 187 Å². The van der Waals surface area contributed by atoms with E-state index in [1.54, 1.807) is 13.8 Å². The number of hydrogen-bond donors (Lipinski definition) is 2. The van der Waals surface area contributed by atoms with Gasteiger partial charge in [0.1, 0.15) is 12.6 Å². The van der Waals surface area contributed by atoms with Gasteiger partial charge in [0.15, 0.2) is 0 Å². The number of alkyl carbamates (subject to hydrolysis) is 1. The maximum absolute atomic E-state index is 12.7. The van der Waals surface area contributed by atoms with E-state index in [-0.39, 0.29) is 24.9 Å². The number of hydrogen-bond acceptors (Lipinski definition) is 4. The van der Waals surface area contributed by atoms with E-state index in [0.29, 0.717) is 19.4 Å². The van der Waals surface area contributed by atoms with Crippen molar-refractivity contribution in [2.24, 2.45) is 0 Å². The summed E-state index contributed by atoms with van der Waals surface area (Å²) in [4.78, 5) is 38.0. The summed E-state index contributed by atoms with van der Waals surface area (Å²) < 4.78 is 5.57. The zero-order valence-corrected chi connectivity index (χ0v) is 18.3. The smallest absolute Gasteiger partial charge is 0.407 e. The Kier molecular flexibility index (Phi) is 5.91. The molecular formula is C25H28N2O5. The molecule has 1 heterocycles. The molecule has 2 aromatic carbocycles. The summed E-state index contributed by atoms with van der Waals surface area (Å²) in [5.74, 6) is -1.31. The van der Waals surface area contributed by atoms with Gasteiger partial charge < -0.3 is 20.1 Å². The number of amides is 2. The monoisotopic (exact) mass is 436 g/mol. The van der Waals surface area contributed by atoms with E-state index in [1.165, 1.54) is 4.90 Å². The molecule has 0 radical (unpaired) electrons. The Hall–Kier alpha value is -3.35. The molecule has 1 fully saturated rings. The van der Waals surface area contributed by atoms with Gasteiger partial charge in [-0.1, -0.05) is 48.5 Å². The van der Waals surface area contributed by atoms with Crippen molar-refractivity contribution in [2.45, 2.75) is 50.6 Å². The van der Waals surface area contributed by atoms with Crippen LogP contribution in [0.1, 0.15) is 50.2 Å². The molecule has 4 rings (SSSR count). The minimum absolute atomic E-state index is 0.000968. The molecule has 7 heteroatoms. The molecule has 1 aliphatic heterocycles. The van der Waals surface area contributed by atoms with Crippen LogP contribution < -0.4 is 5.32 Å². The topological polar surface area (TPSA) is 95.9 Å². The number of benzene rings is 2. The fourth-order valence-electron chi connectivity index (χ4n) is 4.76. The lowest BCUT2D eigenvalue weighted by atomic mass is 9.98. The molecule has 7 nitrogen and oxygen atoms in total. The summed E-state index contributed by atoms with van der Waals surface area (Å²) in [6.45, 7) is 4.09. The number of likely N-dealkylation sites (tertiary alicyclic amines) is 1. The quantitative estimate of drug-likeness (QED) is 0.719. The van der Waals surface area contributed by atoms with Gasteiger partial charge in [-0.05, 0) is 48.9 Å². The van der Waals surface area contributed by atoms with Gasteiger partial charge >= 0.3 is 12.1 Å². The summed E-state index contributed by atoms with van der Waals surface area (Å²) in [6.07, 6.45) is 0.534. The Morgan fingerprint density at radius 2 is 1.66 bits per heavy atom. The SMILES string of the molecule is CC(C)(CC(=O)N1CCC[C@H]1C(=O)O)NC(=O)OCC1c2ccccc2-c2ccccc21. The number of nitrogens with zero attached hydrogens (tertiary/aromatic N) is 1. The van der Waals surface area contributed by atoms with Crippen LogP contribution in [0.2, 0.25) is 0 Å². The van der Waals surface area contributed by atoms with Gasteiger partial charge in [-0.25, -0.2) is 9.59 Å². The van der Waals surface area contributed by atoms with Gasteiger partial charge in [-0.2, -0.15) is 0 Å². The molecular weight excluding hydrogens is 408 g/mol. The Balaban J connectivity index is 1.37. The molecule has 0 bridgehead atoms. The van der Waals surface area contributed by atoms with Crippen molar-refractivity contribution < 1.29 is 24.2 Å². The largest absolute Gasteiger partial charge is 0.480 e. The first-order valence-corrected chi connectivity index (χ1v) is 10.9. The summed E-state index contributed by atoms with van der Waals surface area (Å²) >= 11 is 0. The van der Waals surface area contributed by atoms with E-state index >= 15 is 0 Å². The number of aliphatic carboxylic acids is 1. The van der Waals surface area contributed by atoms with Crippen LogP contribution in [-0.4, -0.2) is 52.7 Å². The fourth-order valence-corrected chi connectivity index (χ4v) is 4.76. The molecule has 168 valence electrons. The standard InChI is InChI=1S/C25H28N2O5/c1-25(2,14-22(28)27-13-7-12-21(27)23(29)30)26-24(31)32-15-20-18-10-5-3-8-16(18)17-9-4-6-11-19(17)20/h3-6,8-11,20-21H,7,12-15H2,1-2H3,(H,26,31)(H,29,30)/t21-/m0/s1. The summed E-state index contributed by atoms with van der Waals surface area (Å²) in [5, 5.41) is 12.1. The Bertz CT molecular complexity index is 1000. The number of fused-ring (bicyclic) bond motifs is 3. The zero-order chi connectivity index (χ0) is 22.9. The van der Waals surface area contributed by atoms with Crippen LogP contribution >= 0.6 is 0 Å². The van der Waals surface area contributed by atoms with Crippen LogP contribution in [0.15, 0.2) is 48.5 Å². The van der Waals surface area contributed by atoms with E-state index < -0.39 is 23.6 Å². The second kappa shape index (κ2) is 8.65. The van der Waals surface area contributed by atoms with Gasteiger partial charge in [-0.3, -0.25) is 4.79 Å². The summed E-state index contributed by atoms with van der Waals surface area (Å²) in [6, 6.07) is 15.4. The minimum Gasteiger partial charge on any atom is -0.480 e. The highest BCUT2D eigenvalue weighted by Gasteiger charge is 2.37. The predicted molar refractivity (Wildman–Crippen MR) is 119 cm³/mol. The lowest BCUT2D eigenvalue weighted by Gasteiger charge is -2.29. The molecule has 0 saturated carbocycles. The lowest BCUT2D eigenvalue weighted by molar-refractivity contribution is -0.148. The average Bonchev–Trinajstić information content (AvgIpc) is 3.35. The van der Waals surface area contributed by atoms with Gasteiger partial charge in [-0.15, -0.1) is 0 Å². The van der Waals surface area contributed by atoms with Crippen LogP contribution in [0.3, 0.4) is 0 Å². The average molecular weight is 437 g/mol. The number of carbonyl (C=O) groups excluding carboxylic acids is 2. The Morgan fingerprint density at radius 1 is 1.06 bits per heavy atom. The lowest BCUT2D eigenvalue weighted by Crippen LogP contribution is -2.49. The second-order valence-corrected chi connectivity index (χ2v) is 9.09. The second-order valence-electron chi connectivity index (χ2n) is 9.09. The third-order valence-corrected chi connectivity index (χ3v) is 6.24. The highest BCUT2D eigenvalue weighted by Crippen LogP contribution is 2.44. The fraction of sp³-hybridized carbons (Fsp3) is 0.400. The first kappa shape index (κ1) is 21.9. The molecule has 0 aromatic heterocycles. The molecule has 1 saturated heterocycles. The van der Waals surface area contributed by atoms with Crippen molar-refractivity contribution in [2.75, 3.05) is 13.2 Å². The van der Waals surface area contributed by atoms with Crippen molar-refractivity contribution in [3.05, 3.63) is 59.7 Å². The third-order valence-electron chi connectivity index (χ3n) is 6.24. The number of carbonyl (C=O) groups is 3. The zero-order valence-electron chi connectivity index (χ0n) is 18.3. The molecule has 2 aromatic rings. The third kappa shape index (κ3) is 4.33. The van der Waals surface area contributed by atoms with Crippen LogP contribution in [0, 0.1) is 0 Å². The van der Waals surface area contributed by atoms with E-state index in [2.05, 4.69) is 29.6 Å². The molecule has 0 spiro atoms. The van der Waals surface area contributed by atoms with Crippen molar-refractivity contribution in [3.63, 3.8) is 0 Å². The van der Waals surface area contributed by atoms with Crippen molar-refractivity contribution in [1.82, 2.24) is 10.2 Å². The molecule has 1 atom stereocenters. The van der Waals surface area contributed by atoms with Crippen LogP contribution in [0.4, 0.5) is 4.79 Å². The van der Waals surface area contributed by atoms with Gasteiger partial charge in [0, 0.05) is 24.4 Å². The normalized spacial score (nSPS) is 17.6. The summed E-state index contributed by atoms with van der Waals surface area (Å²) in [5.41, 5.74) is 3.70. The maximum atomic E-state index is 12.7. The first-order valence-electron chi connectivity index (χ1n) is 10.9. The number of ether oxygens (including phenoxy) is 1.